The fourth-order valence-electron chi connectivity index (χ4n) is 2.35. The normalized spacial score (nSPS) is 19.5. The van der Waals surface area contributed by atoms with Gasteiger partial charge in [-0.3, -0.25) is 14.9 Å². The first-order valence-electron chi connectivity index (χ1n) is 5.88. The van der Waals surface area contributed by atoms with Crippen LogP contribution in [-0.4, -0.2) is 21.8 Å². The van der Waals surface area contributed by atoms with E-state index in [-0.39, 0.29) is 17.7 Å². The van der Waals surface area contributed by atoms with Gasteiger partial charge in [-0.05, 0) is 24.1 Å². The molecule has 96 valence electrons. The summed E-state index contributed by atoms with van der Waals surface area (Å²) in [5.74, 6) is -0.808. The highest BCUT2D eigenvalue weighted by Crippen LogP contribution is 2.32. The number of carbonyl (C=O) groups is 2. The van der Waals surface area contributed by atoms with Gasteiger partial charge in [-0.2, -0.15) is 0 Å². The van der Waals surface area contributed by atoms with Crippen molar-refractivity contribution in [3.63, 3.8) is 0 Å². The van der Waals surface area contributed by atoms with E-state index in [0.29, 0.717) is 12.8 Å². The van der Waals surface area contributed by atoms with E-state index < -0.39 is 0 Å². The van der Waals surface area contributed by atoms with Crippen molar-refractivity contribution in [1.82, 2.24) is 15.3 Å². The van der Waals surface area contributed by atoms with Crippen LogP contribution >= 0.6 is 15.9 Å². The highest BCUT2D eigenvalue weighted by Gasteiger charge is 2.29. The minimum absolute atomic E-state index is 0.213. The van der Waals surface area contributed by atoms with Crippen LogP contribution in [0.15, 0.2) is 29.1 Å². The van der Waals surface area contributed by atoms with Crippen molar-refractivity contribution in [2.24, 2.45) is 0 Å². The maximum atomic E-state index is 12.0. The number of nitrogens with zero attached hydrogens (tertiary/aromatic N) is 2. The predicted molar refractivity (Wildman–Crippen MR) is 72.4 cm³/mol. The van der Waals surface area contributed by atoms with Crippen LogP contribution in [0.4, 0.5) is 0 Å². The summed E-state index contributed by atoms with van der Waals surface area (Å²) in [5.41, 5.74) is 1.59. The van der Waals surface area contributed by atoms with Crippen molar-refractivity contribution in [1.29, 1.82) is 0 Å². The van der Waals surface area contributed by atoms with Crippen LogP contribution in [0.2, 0.25) is 0 Å². The number of piperidine rings is 1. The summed E-state index contributed by atoms with van der Waals surface area (Å²) < 4.78 is 0.870. The van der Waals surface area contributed by atoms with E-state index in [4.69, 9.17) is 0 Å². The third-order valence-electron chi connectivity index (χ3n) is 3.22. The molecule has 1 aliphatic rings. The molecule has 1 atom stereocenters. The number of halogens is 1. The zero-order valence-corrected chi connectivity index (χ0v) is 11.5. The highest BCUT2D eigenvalue weighted by molar-refractivity contribution is 9.10. The monoisotopic (exact) mass is 319 g/mol. The van der Waals surface area contributed by atoms with Crippen molar-refractivity contribution in [2.45, 2.75) is 18.8 Å². The second-order valence-corrected chi connectivity index (χ2v) is 5.37. The van der Waals surface area contributed by atoms with Gasteiger partial charge in [0.05, 0.1) is 11.4 Å². The summed E-state index contributed by atoms with van der Waals surface area (Å²) in [4.78, 5) is 31.4. The first kappa shape index (κ1) is 12.2. The lowest BCUT2D eigenvalue weighted by Crippen LogP contribution is -2.39. The van der Waals surface area contributed by atoms with Gasteiger partial charge in [0.1, 0.15) is 6.33 Å². The van der Waals surface area contributed by atoms with Gasteiger partial charge in [0.25, 0.3) is 0 Å². The molecular weight excluding hydrogens is 310 g/mol. The molecule has 1 fully saturated rings. The molecule has 0 spiro atoms. The molecule has 2 heterocycles. The van der Waals surface area contributed by atoms with Crippen molar-refractivity contribution < 1.29 is 9.59 Å². The summed E-state index contributed by atoms with van der Waals surface area (Å²) >= 11 is 3.43. The van der Waals surface area contributed by atoms with Gasteiger partial charge >= 0.3 is 0 Å². The summed E-state index contributed by atoms with van der Waals surface area (Å²) in [7, 11) is 0. The molecule has 1 aliphatic heterocycles. The second kappa shape index (κ2) is 4.70. The topological polar surface area (TPSA) is 72.0 Å². The number of imide groups is 1. The van der Waals surface area contributed by atoms with Crippen LogP contribution in [-0.2, 0) is 9.59 Å². The molecule has 5 nitrogen and oxygen atoms in total. The number of nitrogens with one attached hydrogen (secondary N) is 1. The third kappa shape index (κ3) is 2.23. The van der Waals surface area contributed by atoms with E-state index in [2.05, 4.69) is 31.2 Å². The Morgan fingerprint density at radius 2 is 2.16 bits per heavy atom. The first-order chi connectivity index (χ1) is 9.15. The van der Waals surface area contributed by atoms with Gasteiger partial charge in [0, 0.05) is 22.5 Å². The Balaban J connectivity index is 2.14. The minimum atomic E-state index is -0.340. The van der Waals surface area contributed by atoms with Crippen LogP contribution in [0, 0.1) is 0 Å². The molecule has 0 saturated carbocycles. The molecule has 1 unspecified atom stereocenters. The maximum Gasteiger partial charge on any atom is 0.234 e. The molecule has 3 rings (SSSR count). The molecule has 1 saturated heterocycles. The van der Waals surface area contributed by atoms with Gasteiger partial charge in [-0.1, -0.05) is 15.9 Å². The second-order valence-electron chi connectivity index (χ2n) is 4.46. The highest BCUT2D eigenvalue weighted by atomic mass is 79.9. The van der Waals surface area contributed by atoms with Crippen molar-refractivity contribution in [3.05, 3.63) is 34.7 Å². The lowest BCUT2D eigenvalue weighted by molar-refractivity contribution is -0.134. The van der Waals surface area contributed by atoms with Crippen molar-refractivity contribution >= 4 is 38.6 Å². The fourth-order valence-corrected chi connectivity index (χ4v) is 2.84. The SMILES string of the molecule is O=C1CCC(c2cc(Br)cc3cncnc23)C(=O)N1. The molecule has 1 aromatic heterocycles. The number of fused-ring (bicyclic) bond motifs is 1. The van der Waals surface area contributed by atoms with E-state index in [0.717, 1.165) is 20.9 Å². The van der Waals surface area contributed by atoms with Gasteiger partial charge in [0.2, 0.25) is 11.8 Å². The first-order valence-corrected chi connectivity index (χ1v) is 6.67. The number of hydrogen-bond donors (Lipinski definition) is 1. The van der Waals surface area contributed by atoms with E-state index >= 15 is 0 Å². The zero-order chi connectivity index (χ0) is 13.4. The van der Waals surface area contributed by atoms with E-state index in [9.17, 15) is 9.59 Å². The van der Waals surface area contributed by atoms with Crippen molar-refractivity contribution in [3.8, 4) is 0 Å². The Hall–Kier alpha value is -1.82. The Morgan fingerprint density at radius 1 is 1.32 bits per heavy atom. The lowest BCUT2D eigenvalue weighted by atomic mass is 9.89. The smallest absolute Gasteiger partial charge is 0.234 e. The number of carbonyl (C=O) groups excluding carboxylic acids is 2. The molecule has 2 aromatic rings. The fraction of sp³-hybridized carbons (Fsp3) is 0.231. The average Bonchev–Trinajstić information content (AvgIpc) is 2.38. The average molecular weight is 320 g/mol. The zero-order valence-electron chi connectivity index (χ0n) is 9.89. The summed E-state index contributed by atoms with van der Waals surface area (Å²) in [6.45, 7) is 0. The Bertz CT molecular complexity index is 687. The summed E-state index contributed by atoms with van der Waals surface area (Å²) in [6.07, 6.45) is 4.05. The largest absolute Gasteiger partial charge is 0.296 e. The van der Waals surface area contributed by atoms with E-state index in [1.807, 2.05) is 12.1 Å². The predicted octanol–water partition coefficient (Wildman–Crippen LogP) is 1.91. The Kier molecular flexibility index (Phi) is 3.02. The van der Waals surface area contributed by atoms with Gasteiger partial charge in [-0.25, -0.2) is 9.97 Å². The Morgan fingerprint density at radius 3 is 2.95 bits per heavy atom. The van der Waals surface area contributed by atoms with Gasteiger partial charge in [-0.15, -0.1) is 0 Å². The minimum Gasteiger partial charge on any atom is -0.296 e. The lowest BCUT2D eigenvalue weighted by Gasteiger charge is -2.22. The standard InChI is InChI=1S/C13H10BrN3O2/c14-8-3-7-5-15-6-16-12(7)10(4-8)9-1-2-11(18)17-13(9)19/h3-6,9H,1-2H2,(H,17,18,19). The molecule has 0 radical (unpaired) electrons. The number of hydrogen-bond acceptors (Lipinski definition) is 4. The van der Waals surface area contributed by atoms with E-state index in [1.165, 1.54) is 6.33 Å². The maximum absolute atomic E-state index is 12.0. The molecule has 1 aromatic carbocycles. The van der Waals surface area contributed by atoms with Gasteiger partial charge < -0.3 is 0 Å². The van der Waals surface area contributed by atoms with Crippen LogP contribution in [0.5, 0.6) is 0 Å². The molecule has 0 aliphatic carbocycles. The van der Waals surface area contributed by atoms with Crippen LogP contribution in [0.25, 0.3) is 10.9 Å². The van der Waals surface area contributed by atoms with Crippen LogP contribution in [0.3, 0.4) is 0 Å². The molecule has 19 heavy (non-hydrogen) atoms. The third-order valence-corrected chi connectivity index (χ3v) is 3.67. The molecular formula is C13H10BrN3O2. The number of rotatable bonds is 1. The van der Waals surface area contributed by atoms with E-state index in [1.54, 1.807) is 6.20 Å². The Labute approximate surface area is 117 Å². The quantitative estimate of drug-likeness (QED) is 0.815. The molecule has 0 bridgehead atoms. The van der Waals surface area contributed by atoms with Crippen molar-refractivity contribution in [2.75, 3.05) is 0 Å². The number of benzene rings is 1. The summed E-state index contributed by atoms with van der Waals surface area (Å²) in [6, 6.07) is 3.79. The van der Waals surface area contributed by atoms with Crippen LogP contribution in [0.1, 0.15) is 24.3 Å². The molecule has 2 amide bonds. The van der Waals surface area contributed by atoms with Crippen LogP contribution < -0.4 is 5.32 Å². The van der Waals surface area contributed by atoms with Gasteiger partial charge in [0.15, 0.2) is 0 Å². The molecule has 6 heteroatoms. The number of amides is 2. The number of aromatic nitrogens is 2. The molecule has 1 N–H and O–H groups in total. The summed E-state index contributed by atoms with van der Waals surface area (Å²) in [5, 5.41) is 3.25.